The summed E-state index contributed by atoms with van der Waals surface area (Å²) < 4.78 is 11.1. The Kier molecular flexibility index (Phi) is 8.44. The highest BCUT2D eigenvalue weighted by Crippen LogP contribution is 2.39. The third-order valence-corrected chi connectivity index (χ3v) is 6.82. The summed E-state index contributed by atoms with van der Waals surface area (Å²) in [5.41, 5.74) is 2.59. The minimum Gasteiger partial charge on any atom is -0.507 e. The van der Waals surface area contributed by atoms with E-state index in [1.807, 2.05) is 31.2 Å². The minimum atomic E-state index is -0.654. The van der Waals surface area contributed by atoms with E-state index in [0.29, 0.717) is 50.1 Å². The van der Waals surface area contributed by atoms with Crippen molar-refractivity contribution in [1.82, 2.24) is 9.80 Å². The van der Waals surface area contributed by atoms with Crippen LogP contribution in [0.2, 0.25) is 0 Å². The molecule has 0 saturated carbocycles. The summed E-state index contributed by atoms with van der Waals surface area (Å²) in [5, 5.41) is 11.3. The summed E-state index contributed by atoms with van der Waals surface area (Å²) >= 11 is 0. The molecule has 1 N–H and O–H groups in total. The van der Waals surface area contributed by atoms with Gasteiger partial charge in [0, 0.05) is 31.7 Å². The number of hydrogen-bond acceptors (Lipinski definition) is 6. The number of nitrogens with zero attached hydrogens (tertiary/aromatic N) is 2. The fourth-order valence-electron chi connectivity index (χ4n) is 4.68. The number of rotatable bonds is 9. The molecule has 2 heterocycles. The van der Waals surface area contributed by atoms with Gasteiger partial charge in [-0.25, -0.2) is 0 Å². The Morgan fingerprint density at radius 2 is 1.69 bits per heavy atom. The zero-order chi connectivity index (χ0) is 25.7. The number of aliphatic hydroxyl groups excluding tert-OH is 1. The molecular weight excluding hydrogens is 456 g/mol. The third kappa shape index (κ3) is 5.63. The number of carbonyl (C=O) groups is 2. The van der Waals surface area contributed by atoms with E-state index in [9.17, 15) is 14.7 Å². The average molecular weight is 493 g/mol. The van der Waals surface area contributed by atoms with Gasteiger partial charge in [0.15, 0.2) is 0 Å². The van der Waals surface area contributed by atoms with Crippen molar-refractivity contribution in [1.29, 1.82) is 0 Å². The molecule has 2 aliphatic heterocycles. The molecule has 0 unspecified atom stereocenters. The van der Waals surface area contributed by atoms with Crippen LogP contribution >= 0.6 is 0 Å². The van der Waals surface area contributed by atoms with Crippen LogP contribution < -0.4 is 4.74 Å². The van der Waals surface area contributed by atoms with Crippen LogP contribution in [0.3, 0.4) is 0 Å². The predicted octanol–water partition coefficient (Wildman–Crippen LogP) is 4.35. The van der Waals surface area contributed by atoms with Crippen LogP contribution in [0.25, 0.3) is 5.76 Å². The summed E-state index contributed by atoms with van der Waals surface area (Å²) in [6, 6.07) is 14.3. The summed E-state index contributed by atoms with van der Waals surface area (Å²) in [6.45, 7) is 10.8. The highest BCUT2D eigenvalue weighted by atomic mass is 16.5. The Morgan fingerprint density at radius 1 is 1.03 bits per heavy atom. The Balaban J connectivity index is 1.69. The quantitative estimate of drug-likeness (QED) is 0.319. The standard InChI is InChI=1S/C29H36N2O5/c1-4-17-36-24-11-9-23(10-12-24)27(32)25-26(22-7-5-21(6-8-22)20(2)3)31(29(34)28(25)33)14-13-30-15-18-35-19-16-30/h5-12,20,26,32H,4,13-19H2,1-3H3/b27-25+/t26-/m1/s1. The van der Waals surface area contributed by atoms with Crippen molar-refractivity contribution in [3.63, 3.8) is 0 Å². The molecule has 4 rings (SSSR count). The number of carbonyl (C=O) groups excluding carboxylic acids is 2. The lowest BCUT2D eigenvalue weighted by atomic mass is 9.93. The topological polar surface area (TPSA) is 79.3 Å². The van der Waals surface area contributed by atoms with Crippen LogP contribution in [-0.2, 0) is 14.3 Å². The molecule has 0 aliphatic carbocycles. The number of ketones is 1. The van der Waals surface area contributed by atoms with Crippen LogP contribution in [0.15, 0.2) is 54.1 Å². The fourth-order valence-corrected chi connectivity index (χ4v) is 4.68. The van der Waals surface area contributed by atoms with Crippen LogP contribution in [0.1, 0.15) is 55.8 Å². The number of morpholine rings is 1. The zero-order valence-corrected chi connectivity index (χ0v) is 21.4. The first-order valence-corrected chi connectivity index (χ1v) is 12.8. The molecule has 0 radical (unpaired) electrons. The van der Waals surface area contributed by atoms with Gasteiger partial charge in [-0.15, -0.1) is 0 Å². The lowest BCUT2D eigenvalue weighted by molar-refractivity contribution is -0.140. The van der Waals surface area contributed by atoms with Gasteiger partial charge < -0.3 is 19.5 Å². The molecule has 0 bridgehead atoms. The van der Waals surface area contributed by atoms with Gasteiger partial charge in [-0.3, -0.25) is 14.5 Å². The smallest absolute Gasteiger partial charge is 0.295 e. The van der Waals surface area contributed by atoms with Gasteiger partial charge in [0.2, 0.25) is 0 Å². The molecule has 1 amide bonds. The number of benzene rings is 2. The largest absolute Gasteiger partial charge is 0.507 e. The van der Waals surface area contributed by atoms with Gasteiger partial charge in [0.05, 0.1) is 31.4 Å². The van der Waals surface area contributed by atoms with Gasteiger partial charge in [-0.05, 0) is 47.7 Å². The average Bonchev–Trinajstić information content (AvgIpc) is 3.16. The van der Waals surface area contributed by atoms with E-state index in [1.165, 1.54) is 5.56 Å². The van der Waals surface area contributed by atoms with E-state index < -0.39 is 17.7 Å². The molecule has 0 aromatic heterocycles. The third-order valence-electron chi connectivity index (χ3n) is 6.82. The number of ether oxygens (including phenoxy) is 2. The molecule has 7 nitrogen and oxygen atoms in total. The number of hydrogen-bond donors (Lipinski definition) is 1. The molecule has 2 saturated heterocycles. The molecule has 0 spiro atoms. The van der Waals surface area contributed by atoms with Crippen LogP contribution in [0, 0.1) is 0 Å². The fraction of sp³-hybridized carbons (Fsp3) is 0.448. The summed E-state index contributed by atoms with van der Waals surface area (Å²) in [5.74, 6) is -0.341. The summed E-state index contributed by atoms with van der Waals surface area (Å²) in [7, 11) is 0. The molecule has 7 heteroatoms. The van der Waals surface area contributed by atoms with Crippen molar-refractivity contribution in [2.75, 3.05) is 46.0 Å². The predicted molar refractivity (Wildman–Crippen MR) is 139 cm³/mol. The van der Waals surface area contributed by atoms with E-state index in [2.05, 4.69) is 18.7 Å². The molecule has 2 fully saturated rings. The van der Waals surface area contributed by atoms with Crippen LogP contribution in [-0.4, -0.2) is 72.6 Å². The van der Waals surface area contributed by atoms with Crippen LogP contribution in [0.5, 0.6) is 5.75 Å². The van der Waals surface area contributed by atoms with Crippen molar-refractivity contribution in [3.05, 3.63) is 70.8 Å². The minimum absolute atomic E-state index is 0.126. The lowest BCUT2D eigenvalue weighted by Crippen LogP contribution is -2.42. The first kappa shape index (κ1) is 25.9. The van der Waals surface area contributed by atoms with E-state index in [0.717, 1.165) is 25.1 Å². The SMILES string of the molecule is CCCOc1ccc(/C(O)=C2\C(=O)C(=O)N(CCN3CCOCC3)[C@@H]2c2ccc(C(C)C)cc2)cc1. The maximum Gasteiger partial charge on any atom is 0.295 e. The summed E-state index contributed by atoms with van der Waals surface area (Å²) in [4.78, 5) is 30.3. The van der Waals surface area contributed by atoms with Crippen molar-refractivity contribution in [2.45, 2.75) is 39.2 Å². The van der Waals surface area contributed by atoms with Crippen molar-refractivity contribution in [2.24, 2.45) is 0 Å². The van der Waals surface area contributed by atoms with Gasteiger partial charge >= 0.3 is 0 Å². The molecular formula is C29H36N2O5. The van der Waals surface area contributed by atoms with Gasteiger partial charge in [0.25, 0.3) is 11.7 Å². The number of amides is 1. The molecule has 36 heavy (non-hydrogen) atoms. The highest BCUT2D eigenvalue weighted by Gasteiger charge is 2.46. The molecule has 2 aromatic carbocycles. The zero-order valence-electron chi connectivity index (χ0n) is 21.4. The maximum absolute atomic E-state index is 13.3. The maximum atomic E-state index is 13.3. The molecule has 2 aliphatic rings. The number of likely N-dealkylation sites (tertiary alicyclic amines) is 1. The van der Waals surface area contributed by atoms with E-state index >= 15 is 0 Å². The van der Waals surface area contributed by atoms with Crippen molar-refractivity contribution in [3.8, 4) is 5.75 Å². The number of Topliss-reactive ketones (excluding diaryl/α,β-unsaturated/α-hetero) is 1. The van der Waals surface area contributed by atoms with Crippen LogP contribution in [0.4, 0.5) is 0 Å². The second-order valence-corrected chi connectivity index (χ2v) is 9.64. The van der Waals surface area contributed by atoms with Crippen molar-refractivity contribution < 1.29 is 24.2 Å². The second kappa shape index (κ2) is 11.7. The first-order chi connectivity index (χ1) is 17.4. The molecule has 1 atom stereocenters. The normalized spacial score (nSPS) is 20.3. The second-order valence-electron chi connectivity index (χ2n) is 9.64. The van der Waals surface area contributed by atoms with E-state index in [1.54, 1.807) is 29.2 Å². The van der Waals surface area contributed by atoms with E-state index in [-0.39, 0.29) is 11.3 Å². The Hall–Kier alpha value is -3.16. The Bertz CT molecular complexity index is 1090. The molecule has 192 valence electrons. The van der Waals surface area contributed by atoms with E-state index in [4.69, 9.17) is 9.47 Å². The first-order valence-electron chi connectivity index (χ1n) is 12.8. The molecule has 2 aromatic rings. The van der Waals surface area contributed by atoms with Gasteiger partial charge in [-0.1, -0.05) is 45.0 Å². The van der Waals surface area contributed by atoms with Crippen molar-refractivity contribution >= 4 is 17.4 Å². The highest BCUT2D eigenvalue weighted by molar-refractivity contribution is 6.46. The van der Waals surface area contributed by atoms with Gasteiger partial charge in [0.1, 0.15) is 11.5 Å². The lowest BCUT2D eigenvalue weighted by Gasteiger charge is -2.31. The number of aliphatic hydroxyl groups is 1. The Labute approximate surface area is 213 Å². The Morgan fingerprint density at radius 3 is 2.31 bits per heavy atom. The van der Waals surface area contributed by atoms with Gasteiger partial charge in [-0.2, -0.15) is 0 Å². The summed E-state index contributed by atoms with van der Waals surface area (Å²) in [6.07, 6.45) is 0.894. The monoisotopic (exact) mass is 492 g/mol.